The lowest BCUT2D eigenvalue weighted by Gasteiger charge is -2.07. The van der Waals surface area contributed by atoms with Gasteiger partial charge in [0.2, 0.25) is 0 Å². The van der Waals surface area contributed by atoms with Crippen molar-refractivity contribution in [1.29, 1.82) is 0 Å². The van der Waals surface area contributed by atoms with Crippen LogP contribution in [0.4, 0.5) is 26.3 Å². The molecule has 0 amide bonds. The summed E-state index contributed by atoms with van der Waals surface area (Å²) in [6.45, 7) is 0. The van der Waals surface area contributed by atoms with Crippen LogP contribution in [0.25, 0.3) is 0 Å². The van der Waals surface area contributed by atoms with Crippen LogP contribution in [0.15, 0.2) is 0 Å². The van der Waals surface area contributed by atoms with Crippen LogP contribution < -0.4 is 0 Å². The number of hydrogen-bond donors (Lipinski definition) is 0. The van der Waals surface area contributed by atoms with Crippen molar-refractivity contribution >= 4 is 0 Å². The van der Waals surface area contributed by atoms with Crippen molar-refractivity contribution in [3.05, 3.63) is 0 Å². The van der Waals surface area contributed by atoms with E-state index in [0.717, 1.165) is 0 Å². The Labute approximate surface area is 97.4 Å². The monoisotopic (exact) mass is 264 g/mol. The molecule has 0 nitrogen and oxygen atoms in total. The molecule has 104 valence electrons. The van der Waals surface area contributed by atoms with Gasteiger partial charge in [-0.15, -0.1) is 0 Å². The molecular formula is C11H18F6. The SMILES string of the molecule is FC(F)C(F)CCCCCCCCC(F)(F)F. The van der Waals surface area contributed by atoms with Crippen molar-refractivity contribution < 1.29 is 26.3 Å². The molecule has 0 aromatic rings. The Hall–Kier alpha value is -0.420. The zero-order valence-electron chi connectivity index (χ0n) is 9.58. The van der Waals surface area contributed by atoms with Crippen molar-refractivity contribution in [3.8, 4) is 0 Å². The van der Waals surface area contributed by atoms with Crippen LogP contribution in [-0.4, -0.2) is 18.8 Å². The van der Waals surface area contributed by atoms with E-state index in [9.17, 15) is 26.3 Å². The van der Waals surface area contributed by atoms with E-state index in [1.165, 1.54) is 0 Å². The minimum Gasteiger partial charge on any atom is -0.241 e. The molecule has 17 heavy (non-hydrogen) atoms. The average molecular weight is 264 g/mol. The van der Waals surface area contributed by atoms with Crippen LogP contribution in [-0.2, 0) is 0 Å². The zero-order valence-corrected chi connectivity index (χ0v) is 9.58. The van der Waals surface area contributed by atoms with Gasteiger partial charge in [0.1, 0.15) is 0 Å². The Bertz CT molecular complexity index is 177. The summed E-state index contributed by atoms with van der Waals surface area (Å²) in [5.74, 6) is 0. The standard InChI is InChI=1S/C11H18F6/c12-9(10(13)14)7-5-3-1-2-4-6-8-11(15,16)17/h9-10H,1-8H2. The van der Waals surface area contributed by atoms with Gasteiger partial charge in [0.15, 0.2) is 6.17 Å². The maximum absolute atomic E-state index is 12.4. The molecule has 1 unspecified atom stereocenters. The summed E-state index contributed by atoms with van der Waals surface area (Å²) in [5, 5.41) is 0. The van der Waals surface area contributed by atoms with E-state index in [4.69, 9.17) is 0 Å². The molecule has 0 heterocycles. The molecule has 0 aromatic carbocycles. The Morgan fingerprint density at radius 1 is 0.706 bits per heavy atom. The van der Waals surface area contributed by atoms with E-state index in [0.29, 0.717) is 32.1 Å². The molecule has 0 aliphatic heterocycles. The lowest BCUT2D eigenvalue weighted by Crippen LogP contribution is -2.11. The third-order valence-electron chi connectivity index (χ3n) is 2.46. The number of hydrogen-bond acceptors (Lipinski definition) is 0. The average Bonchev–Trinajstić information content (AvgIpc) is 2.19. The number of rotatable bonds is 9. The fourth-order valence-electron chi connectivity index (χ4n) is 1.50. The van der Waals surface area contributed by atoms with Crippen LogP contribution in [0.5, 0.6) is 0 Å². The first kappa shape index (κ1) is 16.6. The first-order valence-corrected chi connectivity index (χ1v) is 5.82. The molecule has 6 heteroatoms. The van der Waals surface area contributed by atoms with Crippen LogP contribution >= 0.6 is 0 Å². The van der Waals surface area contributed by atoms with E-state index >= 15 is 0 Å². The molecule has 0 aliphatic rings. The normalized spacial score (nSPS) is 14.3. The topological polar surface area (TPSA) is 0 Å². The van der Waals surface area contributed by atoms with Gasteiger partial charge in [-0.25, -0.2) is 13.2 Å². The van der Waals surface area contributed by atoms with Gasteiger partial charge in [-0.05, 0) is 12.8 Å². The van der Waals surface area contributed by atoms with Gasteiger partial charge >= 0.3 is 6.18 Å². The molecule has 0 saturated heterocycles. The predicted octanol–water partition coefficient (Wildman–Crippen LogP) is 5.27. The van der Waals surface area contributed by atoms with Gasteiger partial charge < -0.3 is 0 Å². The van der Waals surface area contributed by atoms with E-state index in [1.54, 1.807) is 0 Å². The minimum atomic E-state index is -4.10. The summed E-state index contributed by atoms with van der Waals surface area (Å²) in [5.41, 5.74) is 0. The minimum absolute atomic E-state index is 0.103. The Morgan fingerprint density at radius 2 is 1.18 bits per heavy atom. The number of alkyl halides is 6. The molecule has 1 atom stereocenters. The molecule has 0 radical (unpaired) electrons. The summed E-state index contributed by atoms with van der Waals surface area (Å²) in [4.78, 5) is 0. The van der Waals surface area contributed by atoms with Crippen LogP contribution in [0.3, 0.4) is 0 Å². The second-order valence-corrected chi connectivity index (χ2v) is 4.13. The highest BCUT2D eigenvalue weighted by Gasteiger charge is 2.25. The van der Waals surface area contributed by atoms with Gasteiger partial charge in [-0.2, -0.15) is 13.2 Å². The highest BCUT2D eigenvalue weighted by molar-refractivity contribution is 4.58. The third-order valence-corrected chi connectivity index (χ3v) is 2.46. The summed E-state index contributed by atoms with van der Waals surface area (Å²) in [7, 11) is 0. The fourth-order valence-corrected chi connectivity index (χ4v) is 1.50. The summed E-state index contributed by atoms with van der Waals surface area (Å²) in [6.07, 6.45) is -7.18. The highest BCUT2D eigenvalue weighted by Crippen LogP contribution is 2.23. The first-order chi connectivity index (χ1) is 7.83. The third kappa shape index (κ3) is 11.8. The molecule has 0 rings (SSSR count). The zero-order chi connectivity index (χ0) is 13.3. The number of unbranched alkanes of at least 4 members (excludes halogenated alkanes) is 5. The smallest absolute Gasteiger partial charge is 0.241 e. The van der Waals surface area contributed by atoms with Gasteiger partial charge in [0.05, 0.1) is 0 Å². The summed E-state index contributed by atoms with van der Waals surface area (Å²) < 4.78 is 71.1. The van der Waals surface area contributed by atoms with Crippen molar-refractivity contribution in [2.75, 3.05) is 0 Å². The van der Waals surface area contributed by atoms with Crippen LogP contribution in [0.1, 0.15) is 51.4 Å². The van der Waals surface area contributed by atoms with E-state index in [1.807, 2.05) is 0 Å². The van der Waals surface area contributed by atoms with E-state index in [-0.39, 0.29) is 12.8 Å². The highest BCUT2D eigenvalue weighted by atomic mass is 19.4. The molecule has 0 fully saturated rings. The Morgan fingerprint density at radius 3 is 1.65 bits per heavy atom. The van der Waals surface area contributed by atoms with Crippen molar-refractivity contribution in [3.63, 3.8) is 0 Å². The predicted molar refractivity (Wildman–Crippen MR) is 53.9 cm³/mol. The molecule has 0 bridgehead atoms. The molecule has 0 saturated carbocycles. The van der Waals surface area contributed by atoms with Crippen molar-refractivity contribution in [2.45, 2.75) is 70.1 Å². The van der Waals surface area contributed by atoms with E-state index < -0.39 is 25.2 Å². The molecule has 0 aliphatic carbocycles. The second kappa shape index (κ2) is 8.64. The maximum Gasteiger partial charge on any atom is 0.389 e. The van der Waals surface area contributed by atoms with Gasteiger partial charge in [-0.3, -0.25) is 0 Å². The second-order valence-electron chi connectivity index (χ2n) is 4.13. The van der Waals surface area contributed by atoms with Gasteiger partial charge in [0, 0.05) is 6.42 Å². The molecular weight excluding hydrogens is 246 g/mol. The lowest BCUT2D eigenvalue weighted by atomic mass is 10.1. The van der Waals surface area contributed by atoms with Crippen molar-refractivity contribution in [1.82, 2.24) is 0 Å². The van der Waals surface area contributed by atoms with Gasteiger partial charge in [-0.1, -0.05) is 32.1 Å². The molecule has 0 aromatic heterocycles. The summed E-state index contributed by atoms with van der Waals surface area (Å²) >= 11 is 0. The van der Waals surface area contributed by atoms with Crippen LogP contribution in [0, 0.1) is 0 Å². The molecule has 0 spiro atoms. The van der Waals surface area contributed by atoms with Crippen LogP contribution in [0.2, 0.25) is 0 Å². The maximum atomic E-state index is 12.4. The van der Waals surface area contributed by atoms with E-state index in [2.05, 4.69) is 0 Å². The number of halogens is 6. The quantitative estimate of drug-likeness (QED) is 0.393. The molecule has 0 N–H and O–H groups in total. The largest absolute Gasteiger partial charge is 0.389 e. The fraction of sp³-hybridized carbons (Fsp3) is 1.00. The lowest BCUT2D eigenvalue weighted by molar-refractivity contribution is -0.135. The Balaban J connectivity index is 3.19. The summed E-state index contributed by atoms with van der Waals surface area (Å²) in [6, 6.07) is 0. The first-order valence-electron chi connectivity index (χ1n) is 5.82. The Kier molecular flexibility index (Phi) is 8.43. The van der Waals surface area contributed by atoms with Crippen molar-refractivity contribution in [2.24, 2.45) is 0 Å². The van der Waals surface area contributed by atoms with Gasteiger partial charge in [0.25, 0.3) is 6.43 Å².